The second-order valence-electron chi connectivity index (χ2n) is 4.90. The summed E-state index contributed by atoms with van der Waals surface area (Å²) in [6.45, 7) is 0. The van der Waals surface area contributed by atoms with E-state index in [4.69, 9.17) is 4.98 Å². The van der Waals surface area contributed by atoms with Gasteiger partial charge < -0.3 is 4.98 Å². The Balaban J connectivity index is 1.94. The van der Waals surface area contributed by atoms with Gasteiger partial charge in [0.1, 0.15) is 5.65 Å². The fourth-order valence-electron chi connectivity index (χ4n) is 2.69. The number of allylic oxidation sites excluding steroid dienone is 4. The number of para-hydroxylation sites is 1. The van der Waals surface area contributed by atoms with Gasteiger partial charge in [-0.05, 0) is 36.6 Å². The van der Waals surface area contributed by atoms with Crippen molar-refractivity contribution < 1.29 is 0 Å². The summed E-state index contributed by atoms with van der Waals surface area (Å²) in [5, 5.41) is 2.43. The molecule has 1 aromatic carbocycles. The lowest BCUT2D eigenvalue weighted by molar-refractivity contribution is 1.04. The largest absolute Gasteiger partial charge is 0.339 e. The highest BCUT2D eigenvalue weighted by Crippen LogP contribution is 2.27. The molecule has 2 aromatic heterocycles. The molecule has 1 N–H and O–H groups in total. The lowest BCUT2D eigenvalue weighted by atomic mass is 10.0. The van der Waals surface area contributed by atoms with Gasteiger partial charge in [-0.25, -0.2) is 4.98 Å². The van der Waals surface area contributed by atoms with Crippen molar-refractivity contribution in [2.75, 3.05) is 0 Å². The number of nitrogens with one attached hydrogen (secondary N) is 1. The molecule has 2 heterocycles. The zero-order valence-electron chi connectivity index (χ0n) is 10.6. The minimum atomic E-state index is 0.971. The summed E-state index contributed by atoms with van der Waals surface area (Å²) in [4.78, 5) is 8.16. The van der Waals surface area contributed by atoms with E-state index in [2.05, 4.69) is 53.5 Å². The van der Waals surface area contributed by atoms with Gasteiger partial charge in [-0.2, -0.15) is 0 Å². The van der Waals surface area contributed by atoms with Gasteiger partial charge in [-0.15, -0.1) is 0 Å². The zero-order valence-corrected chi connectivity index (χ0v) is 10.6. The number of aromatic amines is 1. The second kappa shape index (κ2) is 4.09. The van der Waals surface area contributed by atoms with Crippen molar-refractivity contribution >= 4 is 27.5 Å². The van der Waals surface area contributed by atoms with Gasteiger partial charge in [-0.3, -0.25) is 0 Å². The van der Waals surface area contributed by atoms with Gasteiger partial charge in [0.15, 0.2) is 0 Å². The van der Waals surface area contributed by atoms with Crippen molar-refractivity contribution in [2.45, 2.75) is 12.8 Å². The van der Waals surface area contributed by atoms with E-state index in [1.807, 2.05) is 6.07 Å². The van der Waals surface area contributed by atoms with Gasteiger partial charge in [0.2, 0.25) is 0 Å². The summed E-state index contributed by atoms with van der Waals surface area (Å²) in [7, 11) is 0. The number of fused-ring (bicyclic) bond motifs is 3. The van der Waals surface area contributed by atoms with E-state index in [-0.39, 0.29) is 0 Å². The zero-order chi connectivity index (χ0) is 12.7. The third kappa shape index (κ3) is 1.68. The number of hydrogen-bond acceptors (Lipinski definition) is 1. The summed E-state index contributed by atoms with van der Waals surface area (Å²) in [5.74, 6) is 0. The van der Waals surface area contributed by atoms with Crippen LogP contribution in [0.1, 0.15) is 18.5 Å². The molecule has 3 aromatic rings. The van der Waals surface area contributed by atoms with Crippen LogP contribution in [0.3, 0.4) is 0 Å². The number of nitrogens with zero attached hydrogens (tertiary/aromatic N) is 1. The van der Waals surface area contributed by atoms with Crippen molar-refractivity contribution in [3.8, 4) is 0 Å². The van der Waals surface area contributed by atoms with E-state index in [9.17, 15) is 0 Å². The Labute approximate surface area is 111 Å². The van der Waals surface area contributed by atoms with Gasteiger partial charge >= 0.3 is 0 Å². The maximum absolute atomic E-state index is 4.76. The van der Waals surface area contributed by atoms with Crippen LogP contribution in [0.25, 0.3) is 27.5 Å². The van der Waals surface area contributed by atoms with Gasteiger partial charge in [-0.1, -0.05) is 36.4 Å². The van der Waals surface area contributed by atoms with Crippen LogP contribution >= 0.6 is 0 Å². The molecule has 0 aliphatic heterocycles. The van der Waals surface area contributed by atoms with Crippen molar-refractivity contribution in [1.29, 1.82) is 0 Å². The molecule has 0 bridgehead atoms. The third-order valence-electron chi connectivity index (χ3n) is 3.66. The summed E-state index contributed by atoms with van der Waals surface area (Å²) in [6, 6.07) is 12.6. The smallest absolute Gasteiger partial charge is 0.139 e. The molecule has 0 atom stereocenters. The van der Waals surface area contributed by atoms with E-state index in [0.29, 0.717) is 0 Å². The van der Waals surface area contributed by atoms with E-state index >= 15 is 0 Å². The standard InChI is InChI=1S/C17H14N2/c1-2-6-12(7-3-1)15-11-10-14-13-8-4-5-9-16(13)19-17(14)18-15/h2,4-11H,1,3H2,(H,18,19). The molecule has 0 fully saturated rings. The van der Waals surface area contributed by atoms with E-state index in [1.165, 1.54) is 16.3 Å². The lowest BCUT2D eigenvalue weighted by Gasteiger charge is -2.06. The monoisotopic (exact) mass is 246 g/mol. The first-order chi connectivity index (χ1) is 9.42. The normalized spacial score (nSPS) is 15.1. The molecular weight excluding hydrogens is 232 g/mol. The number of benzene rings is 1. The van der Waals surface area contributed by atoms with Crippen LogP contribution in [0.5, 0.6) is 0 Å². The van der Waals surface area contributed by atoms with Crippen LogP contribution in [0.2, 0.25) is 0 Å². The number of rotatable bonds is 1. The number of H-pyrrole nitrogens is 1. The third-order valence-corrected chi connectivity index (χ3v) is 3.66. The van der Waals surface area contributed by atoms with Crippen LogP contribution in [0.15, 0.2) is 54.6 Å². The van der Waals surface area contributed by atoms with Crippen molar-refractivity contribution in [1.82, 2.24) is 9.97 Å². The Morgan fingerprint density at radius 3 is 2.79 bits per heavy atom. The van der Waals surface area contributed by atoms with Gasteiger partial charge in [0.05, 0.1) is 5.69 Å². The van der Waals surface area contributed by atoms with Crippen LogP contribution in [0.4, 0.5) is 0 Å². The Bertz CT molecular complexity index is 822. The second-order valence-corrected chi connectivity index (χ2v) is 4.90. The molecule has 92 valence electrons. The fraction of sp³-hybridized carbons (Fsp3) is 0.118. The molecule has 2 nitrogen and oxygen atoms in total. The molecule has 0 spiro atoms. The first-order valence-corrected chi connectivity index (χ1v) is 6.66. The highest BCUT2D eigenvalue weighted by Gasteiger charge is 2.08. The number of hydrogen-bond donors (Lipinski definition) is 1. The van der Waals surface area contributed by atoms with Crippen molar-refractivity contribution in [3.05, 3.63) is 60.3 Å². The number of aromatic nitrogens is 2. The van der Waals surface area contributed by atoms with E-state index < -0.39 is 0 Å². The van der Waals surface area contributed by atoms with Crippen LogP contribution in [-0.2, 0) is 0 Å². The molecule has 19 heavy (non-hydrogen) atoms. The van der Waals surface area contributed by atoms with Crippen LogP contribution in [-0.4, -0.2) is 9.97 Å². The summed E-state index contributed by atoms with van der Waals surface area (Å²) in [6.07, 6.45) is 8.89. The first-order valence-electron chi connectivity index (χ1n) is 6.66. The topological polar surface area (TPSA) is 28.7 Å². The minimum Gasteiger partial charge on any atom is -0.339 e. The maximum atomic E-state index is 4.76. The Morgan fingerprint density at radius 2 is 1.89 bits per heavy atom. The predicted octanol–water partition coefficient (Wildman–Crippen LogP) is 4.45. The maximum Gasteiger partial charge on any atom is 0.139 e. The Hall–Kier alpha value is -2.35. The molecule has 0 saturated heterocycles. The van der Waals surface area contributed by atoms with E-state index in [0.717, 1.165) is 29.7 Å². The van der Waals surface area contributed by atoms with Crippen molar-refractivity contribution in [3.63, 3.8) is 0 Å². The fourth-order valence-corrected chi connectivity index (χ4v) is 2.69. The molecule has 1 aliphatic carbocycles. The summed E-state index contributed by atoms with van der Waals surface area (Å²) >= 11 is 0. The van der Waals surface area contributed by atoms with Crippen LogP contribution in [0, 0.1) is 0 Å². The average Bonchev–Trinajstić information content (AvgIpc) is 2.86. The number of pyridine rings is 1. The molecule has 1 aliphatic rings. The van der Waals surface area contributed by atoms with E-state index in [1.54, 1.807) is 0 Å². The molecule has 4 rings (SSSR count). The highest BCUT2D eigenvalue weighted by atomic mass is 14.9. The summed E-state index contributed by atoms with van der Waals surface area (Å²) in [5.41, 5.74) is 4.40. The SMILES string of the molecule is C1=CC(c2ccc3c(n2)[nH]c2ccccc23)=CCC1. The molecule has 2 heteroatoms. The van der Waals surface area contributed by atoms with Gasteiger partial charge in [0, 0.05) is 16.3 Å². The lowest BCUT2D eigenvalue weighted by Crippen LogP contribution is -1.90. The molecule has 0 amide bonds. The molecule has 0 saturated carbocycles. The van der Waals surface area contributed by atoms with Crippen LogP contribution < -0.4 is 0 Å². The first kappa shape index (κ1) is 10.6. The molecule has 0 radical (unpaired) electrons. The minimum absolute atomic E-state index is 0.971. The average molecular weight is 246 g/mol. The quantitative estimate of drug-likeness (QED) is 0.675. The predicted molar refractivity (Wildman–Crippen MR) is 80.0 cm³/mol. The molecular formula is C17H14N2. The summed E-state index contributed by atoms with van der Waals surface area (Å²) < 4.78 is 0. The molecule has 0 unspecified atom stereocenters. The van der Waals surface area contributed by atoms with Gasteiger partial charge in [0.25, 0.3) is 0 Å². The Morgan fingerprint density at radius 1 is 0.947 bits per heavy atom. The Kier molecular flexibility index (Phi) is 2.27. The highest BCUT2D eigenvalue weighted by molar-refractivity contribution is 6.06. The van der Waals surface area contributed by atoms with Crippen molar-refractivity contribution in [2.24, 2.45) is 0 Å².